The summed E-state index contributed by atoms with van der Waals surface area (Å²) < 4.78 is 0. The lowest BCUT2D eigenvalue weighted by atomic mass is 10.4. The van der Waals surface area contributed by atoms with Crippen LogP contribution in [-0.4, -0.2) is 0 Å². The Balaban J connectivity index is 0. The van der Waals surface area contributed by atoms with Gasteiger partial charge in [0.15, 0.2) is 0 Å². The summed E-state index contributed by atoms with van der Waals surface area (Å²) in [7, 11) is 0. The van der Waals surface area contributed by atoms with Gasteiger partial charge in [-0.15, -0.1) is 29.4 Å². The summed E-state index contributed by atoms with van der Waals surface area (Å²) in [6.07, 6.45) is 0. The van der Waals surface area contributed by atoms with Gasteiger partial charge in [-0.3, -0.25) is 0 Å². The highest BCUT2D eigenvalue weighted by Gasteiger charge is 1.57. The van der Waals surface area contributed by atoms with Crippen LogP contribution in [0.2, 0.25) is 0 Å². The zero-order chi connectivity index (χ0) is 4.24. The van der Waals surface area contributed by atoms with Gasteiger partial charge in [0, 0.05) is 0 Å². The molecule has 8 heavy (non-hydrogen) atoms. The van der Waals surface area contributed by atoms with Gasteiger partial charge in [-0.1, -0.05) is 36.4 Å². The van der Waals surface area contributed by atoms with E-state index >= 15 is 0 Å². The molecule has 0 N–H and O–H groups in total. The highest BCUT2D eigenvalue weighted by atomic mass is 79.9. The van der Waals surface area contributed by atoms with Crippen LogP contribution in [0.5, 0.6) is 0 Å². The fraction of sp³-hybridized carbons (Fsp3) is 0. The van der Waals surface area contributed by atoms with E-state index in [0.29, 0.717) is 0 Å². The molecule has 0 unspecified atom stereocenters. The largest absolute Gasteiger partial charge is 0.147 e. The normalized spacial score (nSPS) is 6.00. The molecule has 0 aliphatic carbocycles. The van der Waals surface area contributed by atoms with Crippen LogP contribution in [0.15, 0.2) is 36.4 Å². The standard InChI is InChI=1S/C6H6.BrH.ClH/c1-2-4-6-5-3-1;;/h1-6H;2*1H. The molecule has 0 spiro atoms. The van der Waals surface area contributed by atoms with Crippen molar-refractivity contribution in [2.24, 2.45) is 0 Å². The summed E-state index contributed by atoms with van der Waals surface area (Å²) in [6, 6.07) is 12.0. The lowest BCUT2D eigenvalue weighted by Gasteiger charge is -1.69. The van der Waals surface area contributed by atoms with Crippen molar-refractivity contribution in [1.29, 1.82) is 0 Å². The molecule has 0 aliphatic rings. The monoisotopic (exact) mass is 194 g/mol. The van der Waals surface area contributed by atoms with Crippen molar-refractivity contribution in [1.82, 2.24) is 0 Å². The summed E-state index contributed by atoms with van der Waals surface area (Å²) in [5.41, 5.74) is 0. The average Bonchev–Trinajstić information content (AvgIpc) is 1.72. The van der Waals surface area contributed by atoms with Gasteiger partial charge in [0.05, 0.1) is 0 Å². The van der Waals surface area contributed by atoms with Crippen LogP contribution in [0.25, 0.3) is 0 Å². The Bertz CT molecular complexity index is 80.5. The van der Waals surface area contributed by atoms with Gasteiger partial charge >= 0.3 is 0 Å². The summed E-state index contributed by atoms with van der Waals surface area (Å²) in [6.45, 7) is 0. The molecule has 0 aromatic heterocycles. The van der Waals surface area contributed by atoms with Gasteiger partial charge in [0.2, 0.25) is 0 Å². The van der Waals surface area contributed by atoms with E-state index in [1.807, 2.05) is 36.4 Å². The van der Waals surface area contributed by atoms with Crippen molar-refractivity contribution >= 4 is 29.4 Å². The van der Waals surface area contributed by atoms with Gasteiger partial charge in [0.25, 0.3) is 0 Å². The molecular weight excluding hydrogens is 187 g/mol. The van der Waals surface area contributed by atoms with Crippen molar-refractivity contribution in [3.05, 3.63) is 36.4 Å². The molecule has 46 valence electrons. The van der Waals surface area contributed by atoms with Crippen molar-refractivity contribution < 1.29 is 0 Å². The minimum atomic E-state index is 0. The molecule has 0 amide bonds. The zero-order valence-electron chi connectivity index (χ0n) is 4.28. The predicted octanol–water partition coefficient (Wildman–Crippen LogP) is 2.69. The summed E-state index contributed by atoms with van der Waals surface area (Å²) in [4.78, 5) is 0. The van der Waals surface area contributed by atoms with E-state index in [1.54, 1.807) is 0 Å². The maximum absolute atomic E-state index is 2.00. The van der Waals surface area contributed by atoms with E-state index < -0.39 is 0 Å². The van der Waals surface area contributed by atoms with E-state index in [2.05, 4.69) is 0 Å². The third kappa shape index (κ3) is 4.16. The van der Waals surface area contributed by atoms with E-state index in [0.717, 1.165) is 0 Å². The van der Waals surface area contributed by atoms with Gasteiger partial charge in [-0.25, -0.2) is 0 Å². The molecule has 0 bridgehead atoms. The lowest BCUT2D eigenvalue weighted by Crippen LogP contribution is -1.47. The first-order valence-corrected chi connectivity index (χ1v) is 2.00. The van der Waals surface area contributed by atoms with Gasteiger partial charge in [0.1, 0.15) is 0 Å². The van der Waals surface area contributed by atoms with E-state index in [4.69, 9.17) is 0 Å². The third-order valence-electron chi connectivity index (χ3n) is 0.667. The molecular formula is C6H8BrCl. The van der Waals surface area contributed by atoms with E-state index in [1.165, 1.54) is 0 Å². The third-order valence-corrected chi connectivity index (χ3v) is 0.667. The number of rotatable bonds is 0. The number of hydrogen-bond acceptors (Lipinski definition) is 0. The van der Waals surface area contributed by atoms with Crippen LogP contribution in [0.3, 0.4) is 0 Å². The Morgan fingerprint density at radius 1 is 0.500 bits per heavy atom. The smallest absolute Gasteiger partial charge is 0.0623 e. The van der Waals surface area contributed by atoms with Crippen LogP contribution in [0, 0.1) is 0 Å². The highest BCUT2D eigenvalue weighted by Crippen LogP contribution is 1.79. The minimum absolute atomic E-state index is 0. The lowest BCUT2D eigenvalue weighted by molar-refractivity contribution is 1.72. The fourth-order valence-corrected chi connectivity index (χ4v) is 0.385. The quantitative estimate of drug-likeness (QED) is 0.597. The second-order valence-electron chi connectivity index (χ2n) is 1.15. The molecule has 0 radical (unpaired) electrons. The summed E-state index contributed by atoms with van der Waals surface area (Å²) in [5, 5.41) is 0. The van der Waals surface area contributed by atoms with Gasteiger partial charge < -0.3 is 0 Å². The molecule has 0 nitrogen and oxygen atoms in total. The van der Waals surface area contributed by atoms with E-state index in [9.17, 15) is 0 Å². The molecule has 1 rings (SSSR count). The summed E-state index contributed by atoms with van der Waals surface area (Å²) >= 11 is 0. The van der Waals surface area contributed by atoms with Crippen LogP contribution >= 0.6 is 29.4 Å². The Labute approximate surface area is 66.1 Å². The number of benzene rings is 1. The van der Waals surface area contributed by atoms with Gasteiger partial charge in [-0.05, 0) is 0 Å². The predicted molar refractivity (Wildman–Crippen MR) is 44.0 cm³/mol. The molecule has 0 saturated carbocycles. The van der Waals surface area contributed by atoms with Crippen LogP contribution < -0.4 is 0 Å². The molecule has 1 aromatic rings. The SMILES string of the molecule is Br.Cl.c1ccccc1. The van der Waals surface area contributed by atoms with Crippen LogP contribution in [-0.2, 0) is 0 Å². The zero-order valence-corrected chi connectivity index (χ0v) is 6.81. The Kier molecular flexibility index (Phi) is 9.51. The van der Waals surface area contributed by atoms with Crippen molar-refractivity contribution in [2.75, 3.05) is 0 Å². The van der Waals surface area contributed by atoms with Crippen molar-refractivity contribution in [3.63, 3.8) is 0 Å². The first-order valence-electron chi connectivity index (χ1n) is 2.00. The van der Waals surface area contributed by atoms with E-state index in [-0.39, 0.29) is 29.4 Å². The molecule has 0 saturated heterocycles. The maximum atomic E-state index is 2.00. The first kappa shape index (κ1) is 10.9. The average molecular weight is 195 g/mol. The molecule has 1 aromatic carbocycles. The maximum Gasteiger partial charge on any atom is -0.0623 e. The highest BCUT2D eigenvalue weighted by molar-refractivity contribution is 8.93. The molecule has 2 heteroatoms. The second kappa shape index (κ2) is 6.99. The topological polar surface area (TPSA) is 0 Å². The second-order valence-corrected chi connectivity index (χ2v) is 1.15. The molecule has 0 atom stereocenters. The molecule has 0 fully saturated rings. The number of halogens is 2. The first-order chi connectivity index (χ1) is 3.00. The Morgan fingerprint density at radius 3 is 0.750 bits per heavy atom. The molecule has 0 heterocycles. The Hall–Kier alpha value is -0.0100. The minimum Gasteiger partial charge on any atom is -0.147 e. The summed E-state index contributed by atoms with van der Waals surface area (Å²) in [5.74, 6) is 0. The molecule has 0 aliphatic heterocycles. The number of hydrogen-bond donors (Lipinski definition) is 0. The fourth-order valence-electron chi connectivity index (χ4n) is 0.385. The van der Waals surface area contributed by atoms with Crippen LogP contribution in [0.4, 0.5) is 0 Å². The van der Waals surface area contributed by atoms with Crippen LogP contribution in [0.1, 0.15) is 0 Å². The van der Waals surface area contributed by atoms with Gasteiger partial charge in [-0.2, -0.15) is 0 Å². The van der Waals surface area contributed by atoms with Crippen molar-refractivity contribution in [3.8, 4) is 0 Å². The van der Waals surface area contributed by atoms with Crippen molar-refractivity contribution in [2.45, 2.75) is 0 Å². The Morgan fingerprint density at radius 2 is 0.625 bits per heavy atom.